The van der Waals surface area contributed by atoms with Crippen molar-refractivity contribution in [2.24, 2.45) is 11.8 Å². The molecule has 3 aromatic heterocycles. The van der Waals surface area contributed by atoms with Gasteiger partial charge in [0.25, 0.3) is 11.8 Å². The van der Waals surface area contributed by atoms with Gasteiger partial charge in [-0.25, -0.2) is 14.3 Å². The summed E-state index contributed by atoms with van der Waals surface area (Å²) in [6.45, 7) is 0.588. The predicted molar refractivity (Wildman–Crippen MR) is 126 cm³/mol. The molecule has 0 saturated heterocycles. The number of carbonyl (C=O) groups excluding carboxylic acids is 2. The largest absolute Gasteiger partial charge is 0.481 e. The van der Waals surface area contributed by atoms with Crippen LogP contribution in [-0.2, 0) is 11.3 Å². The third-order valence-electron chi connectivity index (χ3n) is 6.51. The molecule has 4 aromatic rings. The fourth-order valence-electron chi connectivity index (χ4n) is 4.51. The van der Waals surface area contributed by atoms with Crippen molar-refractivity contribution in [3.63, 3.8) is 0 Å². The molecule has 0 atom stereocenters. The highest BCUT2D eigenvalue weighted by Gasteiger charge is 2.26. The Hall–Kier alpha value is -4.48. The van der Waals surface area contributed by atoms with Gasteiger partial charge in [0.1, 0.15) is 11.4 Å². The summed E-state index contributed by atoms with van der Waals surface area (Å²) in [6.07, 6.45) is 4.16. The van der Waals surface area contributed by atoms with Crippen molar-refractivity contribution >= 4 is 34.5 Å². The van der Waals surface area contributed by atoms with E-state index in [-0.39, 0.29) is 29.8 Å². The normalized spacial score (nSPS) is 17.8. The van der Waals surface area contributed by atoms with E-state index >= 15 is 0 Å². The summed E-state index contributed by atoms with van der Waals surface area (Å²) >= 11 is 0. The monoisotopic (exact) mass is 492 g/mol. The van der Waals surface area contributed by atoms with Crippen molar-refractivity contribution in [3.8, 4) is 0 Å². The summed E-state index contributed by atoms with van der Waals surface area (Å²) in [5.41, 5.74) is 2.29. The molecule has 1 aliphatic rings. The first-order valence-corrected chi connectivity index (χ1v) is 11.6. The number of rotatable bonds is 7. The fraction of sp³-hybridized carbons (Fsp3) is 0.333. The van der Waals surface area contributed by atoms with E-state index < -0.39 is 23.5 Å². The van der Waals surface area contributed by atoms with E-state index in [1.807, 2.05) is 0 Å². The Morgan fingerprint density at radius 1 is 1.08 bits per heavy atom. The minimum absolute atomic E-state index is 0.0629. The van der Waals surface area contributed by atoms with Crippen molar-refractivity contribution in [3.05, 3.63) is 64.0 Å². The highest BCUT2D eigenvalue weighted by molar-refractivity contribution is 5.98. The molecular weight excluding hydrogens is 468 g/mol. The number of nitrogens with zero attached hydrogens (tertiary/aromatic N) is 3. The molecule has 0 bridgehead atoms. The number of carboxylic acids is 1. The highest BCUT2D eigenvalue weighted by Crippen LogP contribution is 2.28. The van der Waals surface area contributed by atoms with Gasteiger partial charge < -0.3 is 20.2 Å². The summed E-state index contributed by atoms with van der Waals surface area (Å²) < 4.78 is 6.35. The summed E-state index contributed by atoms with van der Waals surface area (Å²) in [5.74, 6) is -2.30. The molecule has 0 aliphatic heterocycles. The number of hydrogen-bond acceptors (Lipinski definition) is 7. The van der Waals surface area contributed by atoms with Crippen LogP contribution in [-0.4, -0.2) is 49.0 Å². The summed E-state index contributed by atoms with van der Waals surface area (Å²) in [6, 6.07) is 8.07. The lowest BCUT2D eigenvalue weighted by molar-refractivity contribution is -0.143. The van der Waals surface area contributed by atoms with E-state index in [9.17, 15) is 19.2 Å². The molecule has 5 rings (SSSR count). The molecule has 4 N–H and O–H groups in total. The first-order valence-electron chi connectivity index (χ1n) is 11.6. The molecule has 12 heteroatoms. The number of fused-ring (bicyclic) bond motifs is 2. The standard InChI is InChI=1S/C24H24N6O6/c31-21(25-12-14-3-6-19-16(9-14)29-24(35)36-19)17-10-18(30-20(28-17)7-8-27-30)22(32)26-11-13-1-4-15(5-2-13)23(33)34/h3,6-10,13,15H,1-2,4-5,11-12H2,(H,25,31)(H,26,32)(H,29,35)(H,33,34). The highest BCUT2D eigenvalue weighted by atomic mass is 16.4. The third kappa shape index (κ3) is 4.83. The van der Waals surface area contributed by atoms with Crippen molar-refractivity contribution in [1.82, 2.24) is 30.2 Å². The number of aliphatic carboxylic acids is 1. The first-order chi connectivity index (χ1) is 17.4. The molecule has 0 unspecified atom stereocenters. The SMILES string of the molecule is O=C(NCc1ccc2oc(=O)[nH]c2c1)c1cc(C(=O)NCC2CCC(C(=O)O)CC2)n2nccc2n1. The number of H-pyrrole nitrogens is 1. The summed E-state index contributed by atoms with van der Waals surface area (Å²) in [7, 11) is 0. The minimum atomic E-state index is -0.766. The number of oxazole rings is 1. The second-order valence-corrected chi connectivity index (χ2v) is 8.92. The number of benzene rings is 1. The van der Waals surface area contributed by atoms with Crippen molar-refractivity contribution < 1.29 is 23.9 Å². The number of aromatic nitrogens is 4. The second kappa shape index (κ2) is 9.64. The van der Waals surface area contributed by atoms with Crippen LogP contribution in [0.1, 0.15) is 52.2 Å². The molecule has 3 heterocycles. The van der Waals surface area contributed by atoms with Crippen LogP contribution in [0.4, 0.5) is 0 Å². The van der Waals surface area contributed by atoms with Crippen LogP contribution in [0.5, 0.6) is 0 Å². The van der Waals surface area contributed by atoms with Gasteiger partial charge in [0.2, 0.25) is 0 Å². The van der Waals surface area contributed by atoms with Gasteiger partial charge in [-0.3, -0.25) is 19.4 Å². The van der Waals surface area contributed by atoms with Crippen LogP contribution in [0.2, 0.25) is 0 Å². The first kappa shape index (κ1) is 23.3. The molecule has 36 heavy (non-hydrogen) atoms. The van der Waals surface area contributed by atoms with Crippen molar-refractivity contribution in [2.45, 2.75) is 32.2 Å². The average molecular weight is 492 g/mol. The Morgan fingerprint density at radius 3 is 2.67 bits per heavy atom. The number of carbonyl (C=O) groups is 3. The minimum Gasteiger partial charge on any atom is -0.481 e. The Kier molecular flexibility index (Phi) is 6.23. The zero-order valence-corrected chi connectivity index (χ0v) is 19.2. The van der Waals surface area contributed by atoms with Crippen LogP contribution in [0.3, 0.4) is 0 Å². The number of nitrogens with one attached hydrogen (secondary N) is 3. The number of amides is 2. The van der Waals surface area contributed by atoms with E-state index in [0.29, 0.717) is 36.1 Å². The average Bonchev–Trinajstić information content (AvgIpc) is 3.50. The molecule has 1 fully saturated rings. The topological polar surface area (TPSA) is 172 Å². The Bertz CT molecular complexity index is 1510. The van der Waals surface area contributed by atoms with Gasteiger partial charge in [-0.2, -0.15) is 5.10 Å². The van der Waals surface area contributed by atoms with Crippen LogP contribution in [0.25, 0.3) is 16.7 Å². The Morgan fingerprint density at radius 2 is 1.89 bits per heavy atom. The molecule has 1 aromatic carbocycles. The molecule has 12 nitrogen and oxygen atoms in total. The quantitative estimate of drug-likeness (QED) is 0.302. The summed E-state index contributed by atoms with van der Waals surface area (Å²) in [5, 5.41) is 19.0. The van der Waals surface area contributed by atoms with Crippen LogP contribution in [0.15, 0.2) is 45.7 Å². The van der Waals surface area contributed by atoms with Crippen LogP contribution in [0, 0.1) is 11.8 Å². The van der Waals surface area contributed by atoms with E-state index in [0.717, 1.165) is 18.4 Å². The second-order valence-electron chi connectivity index (χ2n) is 8.92. The van der Waals surface area contributed by atoms with Crippen molar-refractivity contribution in [1.29, 1.82) is 0 Å². The fourth-order valence-corrected chi connectivity index (χ4v) is 4.51. The number of carboxylic acid groups (broad SMARTS) is 1. The molecule has 0 spiro atoms. The van der Waals surface area contributed by atoms with Gasteiger partial charge in [-0.15, -0.1) is 0 Å². The van der Waals surface area contributed by atoms with Crippen molar-refractivity contribution in [2.75, 3.05) is 6.54 Å². The van der Waals surface area contributed by atoms with E-state index in [4.69, 9.17) is 9.52 Å². The third-order valence-corrected chi connectivity index (χ3v) is 6.51. The molecule has 186 valence electrons. The molecule has 1 aliphatic carbocycles. The van der Waals surface area contributed by atoms with Gasteiger partial charge in [-0.1, -0.05) is 6.07 Å². The predicted octanol–water partition coefficient (Wildman–Crippen LogP) is 1.71. The van der Waals surface area contributed by atoms with Crippen LogP contribution >= 0.6 is 0 Å². The maximum Gasteiger partial charge on any atom is 0.417 e. The van der Waals surface area contributed by atoms with Gasteiger partial charge in [0.05, 0.1) is 17.6 Å². The van der Waals surface area contributed by atoms with E-state index in [1.165, 1.54) is 16.8 Å². The number of hydrogen-bond donors (Lipinski definition) is 4. The maximum absolute atomic E-state index is 13.0. The van der Waals surface area contributed by atoms with E-state index in [1.54, 1.807) is 24.3 Å². The Labute approximate surface area is 203 Å². The zero-order valence-electron chi connectivity index (χ0n) is 19.2. The maximum atomic E-state index is 13.0. The molecule has 2 amide bonds. The van der Waals surface area contributed by atoms with Gasteiger partial charge in [0, 0.05) is 25.2 Å². The van der Waals surface area contributed by atoms with Gasteiger partial charge in [0.15, 0.2) is 11.2 Å². The number of aromatic amines is 1. The lowest BCUT2D eigenvalue weighted by Crippen LogP contribution is -2.34. The van der Waals surface area contributed by atoms with E-state index in [2.05, 4.69) is 25.7 Å². The summed E-state index contributed by atoms with van der Waals surface area (Å²) in [4.78, 5) is 55.2. The lowest BCUT2D eigenvalue weighted by atomic mass is 9.82. The Balaban J connectivity index is 1.26. The smallest absolute Gasteiger partial charge is 0.417 e. The molecule has 0 radical (unpaired) electrons. The molecular formula is C24H24N6O6. The van der Waals surface area contributed by atoms with Gasteiger partial charge >= 0.3 is 11.7 Å². The van der Waals surface area contributed by atoms with Gasteiger partial charge in [-0.05, 0) is 49.3 Å². The zero-order chi connectivity index (χ0) is 25.2. The lowest BCUT2D eigenvalue weighted by Gasteiger charge is -2.26. The van der Waals surface area contributed by atoms with Crippen LogP contribution < -0.4 is 16.4 Å². The molecule has 1 saturated carbocycles.